The summed E-state index contributed by atoms with van der Waals surface area (Å²) in [5.74, 6) is 2.72. The average molecular weight is 352 g/mol. The number of aliphatic imine (C=N–C) groups is 1. The number of guanidine groups is 1. The van der Waals surface area contributed by atoms with Crippen molar-refractivity contribution in [3.05, 3.63) is 41.0 Å². The highest BCUT2D eigenvalue weighted by atomic mass is 35.5. The van der Waals surface area contributed by atoms with Gasteiger partial charge in [-0.1, -0.05) is 16.8 Å². The fourth-order valence-corrected chi connectivity index (χ4v) is 2.10. The van der Waals surface area contributed by atoms with Gasteiger partial charge in [-0.15, -0.1) is 0 Å². The molecule has 0 aliphatic rings. The van der Waals surface area contributed by atoms with E-state index in [9.17, 15) is 0 Å². The Bertz CT molecular complexity index is 657. The highest BCUT2D eigenvalue weighted by Crippen LogP contribution is 2.16. The van der Waals surface area contributed by atoms with E-state index < -0.39 is 0 Å². The van der Waals surface area contributed by atoms with Gasteiger partial charge in [0.1, 0.15) is 11.9 Å². The summed E-state index contributed by atoms with van der Waals surface area (Å²) in [5.41, 5.74) is 0. The van der Waals surface area contributed by atoms with E-state index in [1.54, 1.807) is 26.1 Å². The lowest BCUT2D eigenvalue weighted by atomic mass is 10.3. The Balaban J connectivity index is 1.69. The Morgan fingerprint density at radius 3 is 2.71 bits per heavy atom. The van der Waals surface area contributed by atoms with Crippen molar-refractivity contribution >= 4 is 17.6 Å². The predicted octanol–water partition coefficient (Wildman–Crippen LogP) is 2.21. The molecule has 1 heterocycles. The first-order chi connectivity index (χ1) is 11.6. The summed E-state index contributed by atoms with van der Waals surface area (Å²) in [6.45, 7) is 5.04. The summed E-state index contributed by atoms with van der Waals surface area (Å²) in [5, 5.41) is 10.8. The van der Waals surface area contributed by atoms with Gasteiger partial charge in [0.15, 0.2) is 11.8 Å². The zero-order valence-corrected chi connectivity index (χ0v) is 14.8. The van der Waals surface area contributed by atoms with Gasteiger partial charge in [-0.3, -0.25) is 4.99 Å². The molecule has 1 aromatic carbocycles. The number of rotatable bonds is 7. The van der Waals surface area contributed by atoms with Crippen LogP contribution < -0.4 is 15.4 Å². The molecular formula is C16H22ClN5O2. The Morgan fingerprint density at radius 2 is 2.08 bits per heavy atom. The molecule has 0 saturated carbocycles. The molecule has 0 aliphatic heterocycles. The number of hydrogen-bond acceptors (Lipinski definition) is 5. The van der Waals surface area contributed by atoms with Crippen LogP contribution in [0.5, 0.6) is 5.75 Å². The van der Waals surface area contributed by atoms with E-state index in [2.05, 4.69) is 25.8 Å². The molecule has 0 fully saturated rings. The van der Waals surface area contributed by atoms with Crippen LogP contribution in [0, 0.1) is 6.92 Å². The number of benzene rings is 1. The molecule has 7 nitrogen and oxygen atoms in total. The molecule has 0 bridgehead atoms. The molecule has 1 atom stereocenters. The second kappa shape index (κ2) is 9.12. The minimum Gasteiger partial charge on any atom is -0.489 e. The van der Waals surface area contributed by atoms with E-state index in [-0.39, 0.29) is 6.10 Å². The van der Waals surface area contributed by atoms with Crippen molar-refractivity contribution in [1.82, 2.24) is 20.8 Å². The summed E-state index contributed by atoms with van der Waals surface area (Å²) in [4.78, 5) is 8.32. The van der Waals surface area contributed by atoms with Gasteiger partial charge in [-0.2, -0.15) is 4.98 Å². The third-order valence-corrected chi connectivity index (χ3v) is 3.38. The number of nitrogens with one attached hydrogen (secondary N) is 2. The van der Waals surface area contributed by atoms with E-state index in [1.807, 2.05) is 19.1 Å². The Labute approximate surface area is 146 Å². The maximum absolute atomic E-state index is 5.86. The van der Waals surface area contributed by atoms with Gasteiger partial charge in [0.2, 0.25) is 5.89 Å². The van der Waals surface area contributed by atoms with Crippen LogP contribution >= 0.6 is 11.6 Å². The standard InChI is InChI=1S/C16H22ClN5O2/c1-11(23-14-6-4-13(17)5-7-14)10-20-16(18-3)19-9-8-15-21-12(2)22-24-15/h4-7,11H,8-10H2,1-3H3,(H2,18,19,20). The second-order valence-electron chi connectivity index (χ2n) is 5.25. The van der Waals surface area contributed by atoms with Crippen molar-refractivity contribution < 1.29 is 9.26 Å². The Morgan fingerprint density at radius 1 is 1.33 bits per heavy atom. The first kappa shape index (κ1) is 18.1. The van der Waals surface area contributed by atoms with E-state index in [0.29, 0.717) is 42.2 Å². The van der Waals surface area contributed by atoms with E-state index in [1.165, 1.54) is 0 Å². The molecule has 0 saturated heterocycles. The van der Waals surface area contributed by atoms with Crippen molar-refractivity contribution in [2.75, 3.05) is 20.1 Å². The molecule has 1 unspecified atom stereocenters. The van der Waals surface area contributed by atoms with Crippen molar-refractivity contribution in [2.45, 2.75) is 26.4 Å². The first-order valence-electron chi connectivity index (χ1n) is 7.72. The number of aryl methyl sites for hydroxylation is 1. The summed E-state index contributed by atoms with van der Waals surface area (Å²) >= 11 is 5.86. The monoisotopic (exact) mass is 351 g/mol. The highest BCUT2D eigenvalue weighted by molar-refractivity contribution is 6.30. The van der Waals surface area contributed by atoms with Gasteiger partial charge in [0.05, 0.1) is 6.54 Å². The molecule has 2 N–H and O–H groups in total. The first-order valence-corrected chi connectivity index (χ1v) is 8.10. The van der Waals surface area contributed by atoms with Crippen LogP contribution in [0.25, 0.3) is 0 Å². The topological polar surface area (TPSA) is 84.6 Å². The molecular weight excluding hydrogens is 330 g/mol. The maximum Gasteiger partial charge on any atom is 0.228 e. The molecule has 0 aliphatic carbocycles. The molecule has 2 aromatic rings. The summed E-state index contributed by atoms with van der Waals surface area (Å²) in [7, 11) is 1.72. The normalized spacial score (nSPS) is 12.8. The molecule has 1 aromatic heterocycles. The predicted molar refractivity (Wildman–Crippen MR) is 93.6 cm³/mol. The quantitative estimate of drug-likeness (QED) is 0.587. The molecule has 0 amide bonds. The second-order valence-corrected chi connectivity index (χ2v) is 5.68. The van der Waals surface area contributed by atoms with Crippen LogP contribution in [0.15, 0.2) is 33.8 Å². The Hall–Kier alpha value is -2.28. The molecule has 0 spiro atoms. The molecule has 24 heavy (non-hydrogen) atoms. The summed E-state index contributed by atoms with van der Waals surface area (Å²) < 4.78 is 10.9. The molecule has 8 heteroatoms. The minimum absolute atomic E-state index is 0.0247. The fourth-order valence-electron chi connectivity index (χ4n) is 1.98. The van der Waals surface area contributed by atoms with Crippen molar-refractivity contribution in [3.8, 4) is 5.75 Å². The number of aromatic nitrogens is 2. The highest BCUT2D eigenvalue weighted by Gasteiger charge is 2.07. The average Bonchev–Trinajstić information content (AvgIpc) is 2.98. The van der Waals surface area contributed by atoms with E-state index in [0.717, 1.165) is 5.75 Å². The van der Waals surface area contributed by atoms with E-state index in [4.69, 9.17) is 20.9 Å². The lowest BCUT2D eigenvalue weighted by Crippen LogP contribution is -2.42. The summed E-state index contributed by atoms with van der Waals surface area (Å²) in [6, 6.07) is 7.30. The number of ether oxygens (including phenoxy) is 1. The minimum atomic E-state index is -0.0247. The van der Waals surface area contributed by atoms with Crippen molar-refractivity contribution in [3.63, 3.8) is 0 Å². The number of nitrogens with zero attached hydrogens (tertiary/aromatic N) is 3. The summed E-state index contributed by atoms with van der Waals surface area (Å²) in [6.07, 6.45) is 0.613. The van der Waals surface area contributed by atoms with Crippen LogP contribution in [0.3, 0.4) is 0 Å². The third kappa shape index (κ3) is 6.08. The van der Waals surface area contributed by atoms with Crippen LogP contribution in [-0.2, 0) is 6.42 Å². The number of halogens is 1. The smallest absolute Gasteiger partial charge is 0.228 e. The van der Waals surface area contributed by atoms with Crippen molar-refractivity contribution in [2.24, 2.45) is 4.99 Å². The molecule has 0 radical (unpaired) electrons. The SMILES string of the molecule is CN=C(NCCc1nc(C)no1)NCC(C)Oc1ccc(Cl)cc1. The van der Waals surface area contributed by atoms with Crippen molar-refractivity contribution in [1.29, 1.82) is 0 Å². The van der Waals surface area contributed by atoms with Crippen LogP contribution in [0.4, 0.5) is 0 Å². The van der Waals surface area contributed by atoms with E-state index >= 15 is 0 Å². The maximum atomic E-state index is 5.86. The molecule has 130 valence electrons. The van der Waals surface area contributed by atoms with Gasteiger partial charge in [0.25, 0.3) is 0 Å². The van der Waals surface area contributed by atoms with Gasteiger partial charge >= 0.3 is 0 Å². The number of hydrogen-bond donors (Lipinski definition) is 2. The van der Waals surface area contributed by atoms with Gasteiger partial charge in [0, 0.05) is 25.0 Å². The van der Waals surface area contributed by atoms with Crippen LogP contribution in [-0.4, -0.2) is 42.3 Å². The van der Waals surface area contributed by atoms with Gasteiger partial charge < -0.3 is 19.9 Å². The van der Waals surface area contributed by atoms with Crippen LogP contribution in [0.2, 0.25) is 5.02 Å². The zero-order valence-electron chi connectivity index (χ0n) is 14.0. The molecule has 2 rings (SSSR count). The third-order valence-electron chi connectivity index (χ3n) is 3.13. The Kier molecular flexibility index (Phi) is 6.87. The van der Waals surface area contributed by atoms with Crippen LogP contribution in [0.1, 0.15) is 18.6 Å². The fraction of sp³-hybridized carbons (Fsp3) is 0.438. The largest absolute Gasteiger partial charge is 0.489 e. The zero-order chi connectivity index (χ0) is 17.4. The van der Waals surface area contributed by atoms with Gasteiger partial charge in [-0.25, -0.2) is 0 Å². The lowest BCUT2D eigenvalue weighted by Gasteiger charge is -2.17. The lowest BCUT2D eigenvalue weighted by molar-refractivity contribution is 0.224. The van der Waals surface area contributed by atoms with Gasteiger partial charge in [-0.05, 0) is 38.1 Å².